The number of ether oxygens (including phenoxy) is 1. The lowest BCUT2D eigenvalue weighted by molar-refractivity contribution is -0.150. The third-order valence-corrected chi connectivity index (χ3v) is 12.7. The van der Waals surface area contributed by atoms with E-state index in [1.165, 1.54) is 13.0 Å². The smallest absolute Gasteiger partial charge is 0.309 e. The van der Waals surface area contributed by atoms with Crippen LogP contribution < -0.4 is 16.0 Å². The highest BCUT2D eigenvalue weighted by Gasteiger charge is 2.39. The van der Waals surface area contributed by atoms with Crippen LogP contribution in [-0.2, 0) is 30.3 Å². The Balaban J connectivity index is 1.95. The van der Waals surface area contributed by atoms with E-state index in [1.807, 2.05) is 39.6 Å². The van der Waals surface area contributed by atoms with Gasteiger partial charge in [-0.3, -0.25) is 28.9 Å². The Morgan fingerprint density at radius 2 is 1.80 bits per heavy atom. The van der Waals surface area contributed by atoms with Crippen molar-refractivity contribution in [1.29, 1.82) is 0 Å². The molecule has 15 heteroatoms. The molecule has 2 heterocycles. The Morgan fingerprint density at radius 3 is 2.40 bits per heavy atom. The maximum absolute atomic E-state index is 14.9. The van der Waals surface area contributed by atoms with Gasteiger partial charge in [0, 0.05) is 44.4 Å². The Morgan fingerprint density at radius 1 is 1.08 bits per heavy atom. The Hall–Kier alpha value is -4.11. The molecule has 2 unspecified atom stereocenters. The number of aromatic nitrogens is 1. The molecule has 0 saturated carbocycles. The normalized spacial score (nSPS) is 17.2. The summed E-state index contributed by atoms with van der Waals surface area (Å²) in [5.41, 5.74) is -0.136. The zero-order valence-electron chi connectivity index (χ0n) is 37.6. The number of hydrogen-bond acceptors (Lipinski definition) is 10. The second-order valence-corrected chi connectivity index (χ2v) is 18.4. The van der Waals surface area contributed by atoms with Gasteiger partial charge < -0.3 is 30.7 Å². The number of halogens is 1. The number of amides is 3. The quantitative estimate of drug-likeness (QED) is 0.0609. The Labute approximate surface area is 361 Å². The summed E-state index contributed by atoms with van der Waals surface area (Å²) in [6, 6.07) is 2.46. The minimum Gasteiger partial charge on any atom is -0.481 e. The molecule has 13 nitrogen and oxygen atoms in total. The number of piperidine rings is 1. The van der Waals surface area contributed by atoms with Gasteiger partial charge in [-0.25, -0.2) is 9.37 Å². The molecule has 1 saturated heterocycles. The fourth-order valence-electron chi connectivity index (χ4n) is 7.90. The summed E-state index contributed by atoms with van der Waals surface area (Å²) in [6.45, 7) is 15.9. The number of carbonyl (C=O) groups excluding carboxylic acids is 4. The van der Waals surface area contributed by atoms with E-state index in [0.717, 1.165) is 62.8 Å². The zero-order valence-corrected chi connectivity index (χ0v) is 38.4. The number of nitrogens with zero attached hydrogens (tertiary/aromatic N) is 3. The van der Waals surface area contributed by atoms with E-state index in [9.17, 15) is 33.5 Å². The number of aliphatic carboxylic acids is 1. The first-order chi connectivity index (χ1) is 28.3. The van der Waals surface area contributed by atoms with E-state index in [-0.39, 0.29) is 60.3 Å². The lowest BCUT2D eigenvalue weighted by atomic mass is 9.84. The molecule has 1 aromatic carbocycles. The molecule has 1 fully saturated rings. The Kier molecular flexibility index (Phi) is 19.9. The number of thiazole rings is 1. The summed E-state index contributed by atoms with van der Waals surface area (Å²) >= 11 is 1.16. The van der Waals surface area contributed by atoms with Gasteiger partial charge in [0.1, 0.15) is 22.6 Å². The first-order valence-electron chi connectivity index (χ1n) is 21.8. The van der Waals surface area contributed by atoms with Crippen LogP contribution in [0.25, 0.3) is 0 Å². The molecule has 4 N–H and O–H groups in total. The largest absolute Gasteiger partial charge is 0.481 e. The van der Waals surface area contributed by atoms with Crippen LogP contribution in [0.3, 0.4) is 0 Å². The van der Waals surface area contributed by atoms with E-state index in [0.29, 0.717) is 23.5 Å². The molecule has 2 aromatic rings. The monoisotopic (exact) mass is 859 g/mol. The van der Waals surface area contributed by atoms with Gasteiger partial charge in [0.25, 0.3) is 5.91 Å². The summed E-state index contributed by atoms with van der Waals surface area (Å²) in [5.74, 6) is -3.04. The lowest BCUT2D eigenvalue weighted by Crippen LogP contribution is -2.59. The molecule has 336 valence electrons. The zero-order chi connectivity index (χ0) is 44.7. The highest BCUT2D eigenvalue weighted by molar-refractivity contribution is 7.09. The molecule has 60 heavy (non-hydrogen) atoms. The molecular weight excluding hydrogens is 788 g/mol. The standard InChI is InChI=1S/C45H71FN6O7S/c1-11-13-14-16-22-52(43(56)39(29(5)12-2)50-41(55)36-18-15-17-21-51(36)10)37(28(3)4)25-38(59-30(6)53)42-49-35(27-60-42)40(54)48-32(26-45(7,8)44(57)58)23-31-19-20-33(46)34(24-31)47-9/h19-20,24,27-29,32,36-39,47H,11-18,21-23,25-26H2,1-10H3,(H,48,54)(H,50,55)(H,57,58)/t29-,32?,36?,37+,38+,39-/m0/s1. The second-order valence-electron chi connectivity index (χ2n) is 17.5. The molecule has 0 spiro atoms. The average molecular weight is 859 g/mol. The lowest BCUT2D eigenvalue weighted by Gasteiger charge is -2.40. The first kappa shape index (κ1) is 50.2. The van der Waals surface area contributed by atoms with Crippen molar-refractivity contribution in [1.82, 2.24) is 25.4 Å². The number of carboxylic acid groups (broad SMARTS) is 1. The fraction of sp³-hybridized carbons (Fsp3) is 0.689. The molecule has 0 radical (unpaired) electrons. The van der Waals surface area contributed by atoms with E-state index in [4.69, 9.17) is 4.74 Å². The number of rotatable bonds is 24. The van der Waals surface area contributed by atoms with Crippen LogP contribution in [0.4, 0.5) is 10.1 Å². The van der Waals surface area contributed by atoms with Gasteiger partial charge in [0.2, 0.25) is 11.8 Å². The number of esters is 1. The number of benzene rings is 1. The van der Waals surface area contributed by atoms with Crippen LogP contribution >= 0.6 is 11.3 Å². The van der Waals surface area contributed by atoms with Crippen LogP contribution in [0.2, 0.25) is 0 Å². The van der Waals surface area contributed by atoms with Gasteiger partial charge in [0.05, 0.1) is 17.1 Å². The van der Waals surface area contributed by atoms with Crippen LogP contribution in [0.1, 0.15) is 147 Å². The summed E-state index contributed by atoms with van der Waals surface area (Å²) in [6.07, 6.45) is 6.80. The SMILES string of the molecule is CCCCCCN(C(=O)[C@@H](NC(=O)C1CCCCN1C)[C@@H](C)CC)[C@H](C[C@@H](OC(C)=O)c1nc(C(=O)NC(Cc2ccc(F)c(NC)c2)CC(C)(C)C(=O)O)cs1)C(C)C. The third-order valence-electron chi connectivity index (χ3n) is 11.8. The summed E-state index contributed by atoms with van der Waals surface area (Å²) < 4.78 is 20.2. The summed E-state index contributed by atoms with van der Waals surface area (Å²) in [5, 5.41) is 20.8. The van der Waals surface area contributed by atoms with Crippen molar-refractivity contribution < 1.29 is 38.2 Å². The number of likely N-dealkylation sites (N-methyl/N-ethyl adjacent to an activating group) is 1. The van der Waals surface area contributed by atoms with E-state index in [2.05, 4.69) is 32.8 Å². The van der Waals surface area contributed by atoms with Crippen LogP contribution in [0.5, 0.6) is 0 Å². The van der Waals surface area contributed by atoms with Gasteiger partial charge in [-0.2, -0.15) is 0 Å². The van der Waals surface area contributed by atoms with Crippen molar-refractivity contribution in [2.45, 2.75) is 156 Å². The maximum atomic E-state index is 14.9. The third kappa shape index (κ3) is 14.5. The van der Waals surface area contributed by atoms with Gasteiger partial charge in [-0.1, -0.05) is 72.8 Å². The first-order valence-corrected chi connectivity index (χ1v) is 22.6. The topological polar surface area (TPSA) is 170 Å². The minimum atomic E-state index is -1.19. The maximum Gasteiger partial charge on any atom is 0.309 e. The molecule has 1 aliphatic rings. The van der Waals surface area contributed by atoms with Crippen molar-refractivity contribution in [2.75, 3.05) is 32.5 Å². The molecule has 1 aliphatic heterocycles. The number of hydrogen-bond donors (Lipinski definition) is 4. The molecule has 1 aromatic heterocycles. The molecule has 3 amide bonds. The number of nitrogens with one attached hydrogen (secondary N) is 3. The van der Waals surface area contributed by atoms with Crippen molar-refractivity contribution >= 4 is 46.7 Å². The van der Waals surface area contributed by atoms with E-state index in [1.54, 1.807) is 38.4 Å². The van der Waals surface area contributed by atoms with E-state index >= 15 is 0 Å². The van der Waals surface area contributed by atoms with Crippen LogP contribution in [-0.4, -0.2) is 101 Å². The summed E-state index contributed by atoms with van der Waals surface area (Å²) in [7, 11) is 3.55. The number of likely N-dealkylation sites (tertiary alicyclic amines) is 1. The van der Waals surface area contributed by atoms with Crippen molar-refractivity contribution in [2.24, 2.45) is 17.3 Å². The van der Waals surface area contributed by atoms with Gasteiger partial charge >= 0.3 is 11.9 Å². The van der Waals surface area contributed by atoms with Gasteiger partial charge in [0.15, 0.2) is 6.10 Å². The van der Waals surface area contributed by atoms with Crippen LogP contribution in [0.15, 0.2) is 23.6 Å². The predicted octanol–water partition coefficient (Wildman–Crippen LogP) is 7.61. The number of carboxylic acids is 1. The highest BCUT2D eigenvalue weighted by Crippen LogP contribution is 2.33. The van der Waals surface area contributed by atoms with Crippen molar-refractivity contribution in [3.05, 3.63) is 45.7 Å². The Bertz CT molecular complexity index is 1740. The minimum absolute atomic E-state index is 0.0705. The van der Waals surface area contributed by atoms with Crippen molar-refractivity contribution in [3.63, 3.8) is 0 Å². The van der Waals surface area contributed by atoms with E-state index < -0.39 is 53.3 Å². The molecule has 3 rings (SSSR count). The summed E-state index contributed by atoms with van der Waals surface area (Å²) in [4.78, 5) is 75.8. The second kappa shape index (κ2) is 23.8. The fourth-order valence-corrected chi connectivity index (χ4v) is 8.74. The molecule has 0 bridgehead atoms. The highest BCUT2D eigenvalue weighted by atomic mass is 32.1. The number of unbranched alkanes of at least 4 members (excludes halogenated alkanes) is 3. The van der Waals surface area contributed by atoms with Gasteiger partial charge in [-0.15, -0.1) is 11.3 Å². The number of anilines is 1. The predicted molar refractivity (Wildman–Crippen MR) is 234 cm³/mol. The molecule has 6 atom stereocenters. The molecular formula is C45H71FN6O7S. The van der Waals surface area contributed by atoms with Gasteiger partial charge in [-0.05, 0) is 89.1 Å². The van der Waals surface area contributed by atoms with Crippen LogP contribution in [0, 0.1) is 23.1 Å². The average Bonchev–Trinajstić information content (AvgIpc) is 3.69. The van der Waals surface area contributed by atoms with Crippen molar-refractivity contribution in [3.8, 4) is 0 Å². The molecule has 0 aliphatic carbocycles. The number of carbonyl (C=O) groups is 5.